The summed E-state index contributed by atoms with van der Waals surface area (Å²) in [5.74, 6) is -0.296. The minimum atomic E-state index is -0.594. The van der Waals surface area contributed by atoms with E-state index in [-0.39, 0.29) is 11.7 Å². The highest BCUT2D eigenvalue weighted by atomic mass is 79.9. The molecule has 1 N–H and O–H groups in total. The lowest BCUT2D eigenvalue weighted by atomic mass is 9.98. The molecule has 16 heavy (non-hydrogen) atoms. The van der Waals surface area contributed by atoms with Crippen LogP contribution in [0, 0.1) is 11.7 Å². The quantitative estimate of drug-likeness (QED) is 0.904. The summed E-state index contributed by atoms with van der Waals surface area (Å²) in [6.07, 6.45) is -0.292. The summed E-state index contributed by atoms with van der Waals surface area (Å²) in [5, 5.41) is 9.86. The van der Waals surface area contributed by atoms with Crippen LogP contribution in [0.2, 0.25) is 0 Å². The van der Waals surface area contributed by atoms with Gasteiger partial charge in [0.25, 0.3) is 0 Å². The highest BCUT2D eigenvalue weighted by molar-refractivity contribution is 9.10. The molecular weight excluding hydrogens is 275 g/mol. The molecule has 0 aromatic heterocycles. The molecule has 1 aromatic rings. The smallest absolute Gasteiger partial charge is 0.126 e. The second-order valence-corrected chi connectivity index (χ2v) is 4.86. The second kappa shape index (κ2) is 6.33. The predicted octanol–water partition coefficient (Wildman–Crippen LogP) is 2.77. The van der Waals surface area contributed by atoms with Gasteiger partial charge in [0.2, 0.25) is 0 Å². The van der Waals surface area contributed by atoms with Crippen LogP contribution in [-0.2, 0) is 11.2 Å². The molecule has 2 unspecified atom stereocenters. The van der Waals surface area contributed by atoms with Crippen LogP contribution in [0.15, 0.2) is 22.7 Å². The van der Waals surface area contributed by atoms with Crippen molar-refractivity contribution in [2.45, 2.75) is 19.4 Å². The molecule has 2 nitrogen and oxygen atoms in total. The molecule has 0 aliphatic rings. The zero-order valence-electron chi connectivity index (χ0n) is 9.41. The summed E-state index contributed by atoms with van der Waals surface area (Å²) in [6, 6.07) is 4.73. The van der Waals surface area contributed by atoms with Crippen LogP contribution in [-0.4, -0.2) is 24.9 Å². The molecule has 0 saturated carbocycles. The van der Waals surface area contributed by atoms with E-state index in [9.17, 15) is 9.50 Å². The summed E-state index contributed by atoms with van der Waals surface area (Å²) >= 11 is 3.28. The van der Waals surface area contributed by atoms with E-state index in [4.69, 9.17) is 4.74 Å². The molecule has 2 atom stereocenters. The number of aliphatic hydroxyl groups is 1. The Morgan fingerprint density at radius 3 is 2.81 bits per heavy atom. The molecule has 0 fully saturated rings. The summed E-state index contributed by atoms with van der Waals surface area (Å²) in [5.41, 5.74) is 0.518. The molecule has 1 aromatic carbocycles. The molecule has 0 saturated heterocycles. The fraction of sp³-hybridized carbons (Fsp3) is 0.500. The summed E-state index contributed by atoms with van der Waals surface area (Å²) in [6.45, 7) is 2.35. The Balaban J connectivity index is 2.68. The second-order valence-electron chi connectivity index (χ2n) is 3.94. The van der Waals surface area contributed by atoms with E-state index in [2.05, 4.69) is 15.9 Å². The lowest BCUT2D eigenvalue weighted by molar-refractivity contribution is 0.0570. The molecule has 0 bridgehead atoms. The fourth-order valence-corrected chi connectivity index (χ4v) is 1.91. The Morgan fingerprint density at radius 2 is 2.19 bits per heavy atom. The molecule has 0 heterocycles. The lowest BCUT2D eigenvalue weighted by Gasteiger charge is -2.18. The average molecular weight is 291 g/mol. The Bertz CT molecular complexity index is 344. The van der Waals surface area contributed by atoms with Gasteiger partial charge < -0.3 is 9.84 Å². The number of benzene rings is 1. The SMILES string of the molecule is COCC(C)C(O)Cc1cc(Br)ccc1F. The van der Waals surface area contributed by atoms with Crippen molar-refractivity contribution in [2.24, 2.45) is 5.92 Å². The van der Waals surface area contributed by atoms with Crippen molar-refractivity contribution in [3.63, 3.8) is 0 Å². The first-order chi connectivity index (χ1) is 7.54. The predicted molar refractivity (Wildman–Crippen MR) is 64.9 cm³/mol. The van der Waals surface area contributed by atoms with Gasteiger partial charge in [-0.15, -0.1) is 0 Å². The highest BCUT2D eigenvalue weighted by Crippen LogP contribution is 2.19. The third-order valence-electron chi connectivity index (χ3n) is 2.52. The monoisotopic (exact) mass is 290 g/mol. The van der Waals surface area contributed by atoms with Gasteiger partial charge in [0, 0.05) is 23.9 Å². The molecule has 0 spiro atoms. The van der Waals surface area contributed by atoms with Crippen LogP contribution in [0.5, 0.6) is 0 Å². The minimum Gasteiger partial charge on any atom is -0.392 e. The fourth-order valence-electron chi connectivity index (χ4n) is 1.50. The molecule has 90 valence electrons. The Hall–Kier alpha value is -0.450. The first-order valence-electron chi connectivity index (χ1n) is 5.15. The van der Waals surface area contributed by atoms with E-state index in [0.717, 1.165) is 4.47 Å². The summed E-state index contributed by atoms with van der Waals surface area (Å²) < 4.78 is 19.2. The van der Waals surface area contributed by atoms with Crippen LogP contribution in [0.25, 0.3) is 0 Å². The summed E-state index contributed by atoms with van der Waals surface area (Å²) in [7, 11) is 1.59. The van der Waals surface area contributed by atoms with Gasteiger partial charge in [0.15, 0.2) is 0 Å². The first-order valence-corrected chi connectivity index (χ1v) is 5.94. The molecule has 0 amide bonds. The Morgan fingerprint density at radius 1 is 1.50 bits per heavy atom. The molecule has 0 aliphatic carbocycles. The first kappa shape index (κ1) is 13.6. The van der Waals surface area contributed by atoms with Gasteiger partial charge in [-0.2, -0.15) is 0 Å². The number of halogens is 2. The summed E-state index contributed by atoms with van der Waals surface area (Å²) in [4.78, 5) is 0. The molecule has 0 aliphatic heterocycles. The number of rotatable bonds is 5. The highest BCUT2D eigenvalue weighted by Gasteiger charge is 2.16. The van der Waals surface area contributed by atoms with Crippen LogP contribution in [0.4, 0.5) is 4.39 Å². The van der Waals surface area contributed by atoms with Crippen molar-refractivity contribution in [1.29, 1.82) is 0 Å². The van der Waals surface area contributed by atoms with Crippen LogP contribution in [0.1, 0.15) is 12.5 Å². The number of hydrogen-bond acceptors (Lipinski definition) is 2. The number of methoxy groups -OCH3 is 1. The maximum Gasteiger partial charge on any atom is 0.126 e. The van der Waals surface area contributed by atoms with Gasteiger partial charge in [-0.1, -0.05) is 22.9 Å². The standard InChI is InChI=1S/C12H16BrFO2/c1-8(7-16-2)12(15)6-9-5-10(13)3-4-11(9)14/h3-5,8,12,15H,6-7H2,1-2H3. The molecule has 4 heteroatoms. The van der Waals surface area contributed by atoms with Gasteiger partial charge in [-0.3, -0.25) is 0 Å². The lowest BCUT2D eigenvalue weighted by Crippen LogP contribution is -2.24. The van der Waals surface area contributed by atoms with Crippen LogP contribution in [0.3, 0.4) is 0 Å². The van der Waals surface area contributed by atoms with Crippen molar-refractivity contribution in [3.05, 3.63) is 34.1 Å². The van der Waals surface area contributed by atoms with E-state index < -0.39 is 6.10 Å². The zero-order chi connectivity index (χ0) is 12.1. The van der Waals surface area contributed by atoms with Gasteiger partial charge in [-0.25, -0.2) is 4.39 Å². The Labute approximate surface area is 104 Å². The van der Waals surface area contributed by atoms with E-state index in [1.165, 1.54) is 6.07 Å². The van der Waals surface area contributed by atoms with Gasteiger partial charge in [-0.05, 0) is 23.8 Å². The zero-order valence-corrected chi connectivity index (χ0v) is 11.0. The third-order valence-corrected chi connectivity index (χ3v) is 3.02. The number of hydrogen-bond donors (Lipinski definition) is 1. The number of aliphatic hydroxyl groups excluding tert-OH is 1. The number of ether oxygens (including phenoxy) is 1. The third kappa shape index (κ3) is 3.85. The van der Waals surface area contributed by atoms with Crippen molar-refractivity contribution in [3.8, 4) is 0 Å². The molecular formula is C12H16BrFO2. The Kier molecular flexibility index (Phi) is 5.38. The topological polar surface area (TPSA) is 29.5 Å². The van der Waals surface area contributed by atoms with Gasteiger partial charge >= 0.3 is 0 Å². The van der Waals surface area contributed by atoms with E-state index >= 15 is 0 Å². The van der Waals surface area contributed by atoms with E-state index in [1.807, 2.05) is 6.92 Å². The van der Waals surface area contributed by atoms with Crippen LogP contribution < -0.4 is 0 Å². The van der Waals surface area contributed by atoms with Crippen molar-refractivity contribution < 1.29 is 14.2 Å². The minimum absolute atomic E-state index is 0.0108. The van der Waals surface area contributed by atoms with Crippen molar-refractivity contribution >= 4 is 15.9 Å². The largest absolute Gasteiger partial charge is 0.392 e. The van der Waals surface area contributed by atoms with Crippen molar-refractivity contribution in [1.82, 2.24) is 0 Å². The molecule has 1 rings (SSSR count). The maximum atomic E-state index is 13.4. The average Bonchev–Trinajstić information content (AvgIpc) is 2.23. The van der Waals surface area contributed by atoms with Gasteiger partial charge in [0.1, 0.15) is 5.82 Å². The van der Waals surface area contributed by atoms with Gasteiger partial charge in [0.05, 0.1) is 12.7 Å². The normalized spacial score (nSPS) is 14.8. The van der Waals surface area contributed by atoms with Crippen molar-refractivity contribution in [2.75, 3.05) is 13.7 Å². The molecule has 0 radical (unpaired) electrons. The van der Waals surface area contributed by atoms with E-state index in [0.29, 0.717) is 18.6 Å². The van der Waals surface area contributed by atoms with E-state index in [1.54, 1.807) is 19.2 Å². The van der Waals surface area contributed by atoms with Crippen LogP contribution >= 0.6 is 15.9 Å². The maximum absolute atomic E-state index is 13.4.